The van der Waals surface area contributed by atoms with E-state index in [9.17, 15) is 0 Å². The highest BCUT2D eigenvalue weighted by Crippen LogP contribution is 2.53. The third-order valence-corrected chi connectivity index (χ3v) is 4.91. The van der Waals surface area contributed by atoms with E-state index in [1.54, 1.807) is 12.7 Å². The molecule has 3 rings (SSSR count). The first-order valence-corrected chi connectivity index (χ1v) is 7.14. The van der Waals surface area contributed by atoms with Gasteiger partial charge >= 0.3 is 0 Å². The molecule has 1 atom stereocenters. The summed E-state index contributed by atoms with van der Waals surface area (Å²) in [6, 6.07) is 4.69. The summed E-state index contributed by atoms with van der Waals surface area (Å²) in [5.74, 6) is 1.08. The quantitative estimate of drug-likeness (QED) is 0.888. The highest BCUT2D eigenvalue weighted by molar-refractivity contribution is 5.51. The maximum atomic E-state index is 6.24. The lowest BCUT2D eigenvalue weighted by molar-refractivity contribution is 0.405. The summed E-state index contributed by atoms with van der Waals surface area (Å²) < 4.78 is 5.53. The molecule has 0 saturated heterocycles. The van der Waals surface area contributed by atoms with Gasteiger partial charge in [-0.05, 0) is 68.2 Å². The minimum Gasteiger partial charge on any atom is -0.496 e. The zero-order valence-electron chi connectivity index (χ0n) is 11.5. The number of methoxy groups -OCH3 is 1. The van der Waals surface area contributed by atoms with Crippen LogP contribution in [0.2, 0.25) is 0 Å². The molecule has 0 radical (unpaired) electrons. The first-order chi connectivity index (χ1) is 8.69. The number of rotatable bonds is 3. The normalized spacial score (nSPS) is 22.2. The molecule has 1 aromatic carbocycles. The van der Waals surface area contributed by atoms with Crippen LogP contribution < -0.4 is 10.5 Å². The van der Waals surface area contributed by atoms with Gasteiger partial charge in [-0.1, -0.05) is 6.07 Å². The Kier molecular flexibility index (Phi) is 2.86. The summed E-state index contributed by atoms with van der Waals surface area (Å²) in [6.07, 6.45) is 7.48. The molecule has 2 aliphatic carbocycles. The van der Waals surface area contributed by atoms with Crippen molar-refractivity contribution in [2.45, 2.75) is 56.9 Å². The van der Waals surface area contributed by atoms with E-state index in [1.165, 1.54) is 49.7 Å². The second-order valence-corrected chi connectivity index (χ2v) is 5.92. The molecule has 1 fully saturated rings. The Balaban J connectivity index is 2.11. The molecule has 2 aliphatic rings. The molecule has 0 heterocycles. The van der Waals surface area contributed by atoms with E-state index in [0.717, 1.165) is 5.75 Å². The topological polar surface area (TPSA) is 35.2 Å². The first kappa shape index (κ1) is 12.0. The Morgan fingerprint density at radius 2 is 1.83 bits per heavy atom. The fraction of sp³-hybridized carbons (Fsp3) is 0.625. The van der Waals surface area contributed by atoms with Crippen LogP contribution >= 0.6 is 0 Å². The third kappa shape index (κ3) is 1.66. The Morgan fingerprint density at radius 1 is 1.17 bits per heavy atom. The van der Waals surface area contributed by atoms with Gasteiger partial charge in [-0.2, -0.15) is 0 Å². The lowest BCUT2D eigenvalue weighted by atomic mass is 9.79. The number of fused-ring (bicyclic) bond motifs is 1. The molecule has 2 heteroatoms. The van der Waals surface area contributed by atoms with Crippen molar-refractivity contribution in [1.29, 1.82) is 0 Å². The highest BCUT2D eigenvalue weighted by atomic mass is 16.5. The molecule has 1 aromatic rings. The van der Waals surface area contributed by atoms with Crippen molar-refractivity contribution >= 4 is 0 Å². The van der Waals surface area contributed by atoms with Gasteiger partial charge in [0, 0.05) is 11.5 Å². The number of benzene rings is 1. The van der Waals surface area contributed by atoms with E-state index in [-0.39, 0.29) is 11.5 Å². The van der Waals surface area contributed by atoms with Crippen molar-refractivity contribution in [3.63, 3.8) is 0 Å². The Bertz CT molecular complexity index is 460. The molecule has 18 heavy (non-hydrogen) atoms. The second-order valence-electron chi connectivity index (χ2n) is 5.92. The predicted octanol–water partition coefficient (Wildman–Crippen LogP) is 2.95. The molecule has 1 unspecified atom stereocenters. The van der Waals surface area contributed by atoms with Crippen molar-refractivity contribution in [3.05, 3.63) is 28.8 Å². The largest absolute Gasteiger partial charge is 0.496 e. The highest BCUT2D eigenvalue weighted by Gasteiger charge is 2.49. The molecule has 0 aliphatic heterocycles. The number of hydrogen-bond acceptors (Lipinski definition) is 2. The van der Waals surface area contributed by atoms with Gasteiger partial charge in [0.1, 0.15) is 5.75 Å². The van der Waals surface area contributed by atoms with Crippen molar-refractivity contribution in [2.24, 2.45) is 5.73 Å². The molecular formula is C16H23NO. The van der Waals surface area contributed by atoms with E-state index in [1.807, 2.05) is 0 Å². The zero-order chi connectivity index (χ0) is 12.8. The Morgan fingerprint density at radius 3 is 2.39 bits per heavy atom. The van der Waals surface area contributed by atoms with Crippen LogP contribution in [0, 0.1) is 0 Å². The van der Waals surface area contributed by atoms with E-state index >= 15 is 0 Å². The number of hydrogen-bond donors (Lipinski definition) is 1. The van der Waals surface area contributed by atoms with Crippen LogP contribution in [0.25, 0.3) is 0 Å². The monoisotopic (exact) mass is 245 g/mol. The Labute approximate surface area is 110 Å². The molecule has 1 saturated carbocycles. The van der Waals surface area contributed by atoms with Gasteiger partial charge in [-0.15, -0.1) is 0 Å². The summed E-state index contributed by atoms with van der Waals surface area (Å²) in [6.45, 7) is 2.16. The molecule has 0 bridgehead atoms. The van der Waals surface area contributed by atoms with Gasteiger partial charge in [-0.3, -0.25) is 0 Å². The zero-order valence-corrected chi connectivity index (χ0v) is 11.5. The molecule has 2 nitrogen and oxygen atoms in total. The third-order valence-electron chi connectivity index (χ3n) is 4.91. The van der Waals surface area contributed by atoms with Crippen molar-refractivity contribution in [2.75, 3.05) is 7.11 Å². The average molecular weight is 245 g/mol. The predicted molar refractivity (Wildman–Crippen MR) is 74.2 cm³/mol. The van der Waals surface area contributed by atoms with Gasteiger partial charge in [-0.25, -0.2) is 0 Å². The van der Waals surface area contributed by atoms with E-state index in [4.69, 9.17) is 10.5 Å². The van der Waals surface area contributed by atoms with Crippen molar-refractivity contribution in [3.8, 4) is 5.75 Å². The van der Waals surface area contributed by atoms with Gasteiger partial charge in [0.2, 0.25) is 0 Å². The lowest BCUT2D eigenvalue weighted by Gasteiger charge is -2.28. The van der Waals surface area contributed by atoms with Crippen LogP contribution in [-0.4, -0.2) is 13.2 Å². The first-order valence-electron chi connectivity index (χ1n) is 7.14. The molecule has 0 spiro atoms. The number of nitrogens with two attached hydrogens (primary N) is 1. The van der Waals surface area contributed by atoms with Gasteiger partial charge in [0.25, 0.3) is 0 Å². The van der Waals surface area contributed by atoms with Crippen molar-refractivity contribution in [1.82, 2.24) is 0 Å². The summed E-state index contributed by atoms with van der Waals surface area (Å²) in [5.41, 5.74) is 11.0. The summed E-state index contributed by atoms with van der Waals surface area (Å²) in [4.78, 5) is 0. The molecule has 0 aromatic heterocycles. The van der Waals surface area contributed by atoms with E-state index in [0.29, 0.717) is 0 Å². The fourth-order valence-electron chi connectivity index (χ4n) is 3.60. The summed E-state index contributed by atoms with van der Waals surface area (Å²) in [7, 11) is 1.78. The Hall–Kier alpha value is -1.02. The van der Waals surface area contributed by atoms with Crippen LogP contribution in [0.15, 0.2) is 12.1 Å². The van der Waals surface area contributed by atoms with Crippen LogP contribution in [0.1, 0.15) is 49.3 Å². The lowest BCUT2D eigenvalue weighted by Crippen LogP contribution is -2.33. The van der Waals surface area contributed by atoms with Crippen LogP contribution in [0.4, 0.5) is 0 Å². The number of ether oxygens (including phenoxy) is 1. The summed E-state index contributed by atoms with van der Waals surface area (Å²) >= 11 is 0. The fourth-order valence-corrected chi connectivity index (χ4v) is 3.60. The van der Waals surface area contributed by atoms with Crippen molar-refractivity contribution < 1.29 is 4.74 Å². The molecule has 0 amide bonds. The summed E-state index contributed by atoms with van der Waals surface area (Å²) in [5, 5.41) is 0. The second kappa shape index (κ2) is 4.27. The van der Waals surface area contributed by atoms with Crippen LogP contribution in [0.5, 0.6) is 5.75 Å². The SMILES string of the molecule is COc1ccc(C2(C(C)N)CC2)c2c1CCCC2. The smallest absolute Gasteiger partial charge is 0.122 e. The van der Waals surface area contributed by atoms with Gasteiger partial charge < -0.3 is 10.5 Å². The maximum absolute atomic E-state index is 6.24. The van der Waals surface area contributed by atoms with Gasteiger partial charge in [0.05, 0.1) is 7.11 Å². The van der Waals surface area contributed by atoms with Crippen LogP contribution in [0.3, 0.4) is 0 Å². The average Bonchev–Trinajstić information content (AvgIpc) is 3.19. The van der Waals surface area contributed by atoms with E-state index in [2.05, 4.69) is 19.1 Å². The maximum Gasteiger partial charge on any atom is 0.122 e. The molecule has 2 N–H and O–H groups in total. The van der Waals surface area contributed by atoms with Gasteiger partial charge in [0.15, 0.2) is 0 Å². The van der Waals surface area contributed by atoms with Crippen LogP contribution in [-0.2, 0) is 18.3 Å². The molecule has 98 valence electrons. The minimum absolute atomic E-state index is 0.261. The minimum atomic E-state index is 0.261. The van der Waals surface area contributed by atoms with E-state index < -0.39 is 0 Å². The standard InChI is InChI=1S/C16H23NO/c1-11(17)16(9-10-16)14-7-8-15(18-2)13-6-4-3-5-12(13)14/h7-8,11H,3-6,9-10,17H2,1-2H3. The molecular weight excluding hydrogens is 222 g/mol.